The average Bonchev–Trinajstić information content (AvgIpc) is 2.34. The van der Waals surface area contributed by atoms with Crippen LogP contribution in [-0.4, -0.2) is 20.6 Å². The molecule has 1 aromatic rings. The van der Waals surface area contributed by atoms with Crippen molar-refractivity contribution in [2.24, 2.45) is 5.92 Å². The molecular weight excluding hydrogens is 221 g/mol. The fourth-order valence-electron chi connectivity index (χ4n) is 1.67. The van der Waals surface area contributed by atoms with Crippen LogP contribution in [0.1, 0.15) is 46.6 Å². The Morgan fingerprint density at radius 3 is 2.56 bits per heavy atom. The van der Waals surface area contributed by atoms with Crippen LogP contribution in [0.3, 0.4) is 0 Å². The van der Waals surface area contributed by atoms with Gasteiger partial charge in [0.2, 0.25) is 0 Å². The van der Waals surface area contributed by atoms with E-state index in [4.69, 9.17) is 4.74 Å². The number of hydrogen-bond donors (Lipinski definition) is 1. The molecule has 0 aliphatic rings. The van der Waals surface area contributed by atoms with E-state index in [0.717, 1.165) is 24.4 Å². The Hall–Kier alpha value is -0.985. The average molecular weight is 247 g/mol. The van der Waals surface area contributed by atoms with Gasteiger partial charge in [0.05, 0.1) is 0 Å². The summed E-state index contributed by atoms with van der Waals surface area (Å²) in [5.74, 6) is 2.75. The Labute approximate surface area is 112 Å². The van der Waals surface area contributed by atoms with Gasteiger partial charge in [-0.2, -0.15) is 0 Å². The van der Waals surface area contributed by atoms with Crippen LogP contribution < -0.4 is 10.1 Å². The zero-order chi connectivity index (χ0) is 13.8. The molecule has 2 nitrogen and oxygen atoms in total. The number of hydrogen-bond acceptors (Lipinski definition) is 2. The van der Waals surface area contributed by atoms with E-state index in [1.807, 2.05) is 7.05 Å². The molecule has 1 atom stereocenters. The van der Waals surface area contributed by atoms with Crippen molar-refractivity contribution in [2.45, 2.75) is 46.5 Å². The van der Waals surface area contributed by atoms with Crippen LogP contribution in [0.5, 0.6) is 5.64 Å². The summed E-state index contributed by atoms with van der Waals surface area (Å²) in [6.07, 6.45) is 1.15. The van der Waals surface area contributed by atoms with Gasteiger partial charge in [-0.25, -0.2) is 0 Å². The van der Waals surface area contributed by atoms with Gasteiger partial charge >= 0.3 is 112 Å². The summed E-state index contributed by atoms with van der Waals surface area (Å²) >= 11 is 0. The van der Waals surface area contributed by atoms with Crippen LogP contribution in [-0.2, 0) is 5.41 Å². The molecule has 0 aliphatic heterocycles. The molecule has 0 spiro atoms. The van der Waals surface area contributed by atoms with Gasteiger partial charge in [0.15, 0.2) is 0 Å². The summed E-state index contributed by atoms with van der Waals surface area (Å²) in [6, 6.07) is 2.19. The first-order chi connectivity index (χ1) is 8.38. The minimum atomic E-state index is 0.168. The Bertz CT molecular complexity index is 385. The van der Waals surface area contributed by atoms with Crippen molar-refractivity contribution < 1.29 is 4.74 Å². The van der Waals surface area contributed by atoms with Crippen molar-refractivity contribution in [3.05, 3.63) is 17.6 Å². The third kappa shape index (κ3) is 4.04. The molecule has 0 bridgehead atoms. The van der Waals surface area contributed by atoms with Crippen LogP contribution in [0.25, 0.3) is 0 Å². The topological polar surface area (TPSA) is 21.3 Å². The molecule has 100 valence electrons. The molecule has 1 rings (SSSR count). The maximum atomic E-state index is 5.89. The summed E-state index contributed by atoms with van der Waals surface area (Å²) in [4.78, 5) is 0. The molecule has 0 saturated heterocycles. The quantitative estimate of drug-likeness (QED) is 0.854. The summed E-state index contributed by atoms with van der Waals surface area (Å²) in [5, 5.41) is 3.22. The van der Waals surface area contributed by atoms with E-state index >= 15 is 0 Å². The molecule has 1 aromatic heterocycles. The van der Waals surface area contributed by atoms with Crippen molar-refractivity contribution in [3.8, 4) is 5.64 Å². The monoisotopic (exact) mass is 247 g/mol. The predicted octanol–water partition coefficient (Wildman–Crippen LogP) is 3.79. The van der Waals surface area contributed by atoms with Gasteiger partial charge < -0.3 is 0 Å². The Morgan fingerprint density at radius 2 is 2.06 bits per heavy atom. The first-order valence-corrected chi connectivity index (χ1v) is 6.83. The van der Waals surface area contributed by atoms with E-state index in [-0.39, 0.29) is 5.41 Å². The standard InChI is InChI=1S/C15H26BNO/c1-7-11(2)10-18-14-13(17-6)8-12(9-16-14)15(3,4)5/h8-9,11,17H,7,10H2,1-6H3. The first-order valence-electron chi connectivity index (χ1n) is 6.83. The Balaban J connectivity index is 2.87. The van der Waals surface area contributed by atoms with E-state index in [0.29, 0.717) is 5.92 Å². The second-order valence-electron chi connectivity index (χ2n) is 6.04. The zero-order valence-electron chi connectivity index (χ0n) is 12.6. The van der Waals surface area contributed by atoms with Gasteiger partial charge in [-0.3, -0.25) is 0 Å². The van der Waals surface area contributed by atoms with Crippen LogP contribution >= 0.6 is 0 Å². The SMILES string of the molecule is CCC(C)COc1bcc(C(C)(C)C)cc1NC. The van der Waals surface area contributed by atoms with Gasteiger partial charge in [-0.05, 0) is 0 Å². The third-order valence-corrected chi connectivity index (χ3v) is 3.34. The number of ether oxygens (including phenoxy) is 1. The van der Waals surface area contributed by atoms with E-state index in [2.05, 4.69) is 58.9 Å². The van der Waals surface area contributed by atoms with Crippen molar-refractivity contribution >= 4 is 12.6 Å². The van der Waals surface area contributed by atoms with Gasteiger partial charge in [-0.15, -0.1) is 0 Å². The number of rotatable bonds is 5. The second-order valence-corrected chi connectivity index (χ2v) is 6.04. The Kier molecular flexibility index (Phi) is 5.24. The number of anilines is 1. The Morgan fingerprint density at radius 1 is 1.39 bits per heavy atom. The van der Waals surface area contributed by atoms with Gasteiger partial charge in [-0.1, -0.05) is 0 Å². The van der Waals surface area contributed by atoms with Crippen LogP contribution in [0.2, 0.25) is 0 Å². The summed E-state index contributed by atoms with van der Waals surface area (Å²) in [7, 11) is 1.94. The predicted molar refractivity (Wildman–Crippen MR) is 81.0 cm³/mol. The molecule has 1 heterocycles. The molecule has 0 fully saturated rings. The molecular formula is C15H26BNO. The second kappa shape index (κ2) is 6.26. The van der Waals surface area contributed by atoms with Crippen LogP contribution in [0.4, 0.5) is 5.69 Å². The molecule has 1 N–H and O–H groups in total. The van der Waals surface area contributed by atoms with Gasteiger partial charge in [0.1, 0.15) is 0 Å². The third-order valence-electron chi connectivity index (χ3n) is 3.34. The molecule has 0 aliphatic carbocycles. The molecule has 3 heteroatoms. The molecule has 0 radical (unpaired) electrons. The molecule has 0 aromatic carbocycles. The van der Waals surface area contributed by atoms with Crippen molar-refractivity contribution in [2.75, 3.05) is 19.0 Å². The summed E-state index contributed by atoms with van der Waals surface area (Å²) < 4.78 is 5.89. The molecule has 0 saturated carbocycles. The molecule has 1 unspecified atom stereocenters. The number of nitrogens with one attached hydrogen (secondary N) is 1. The normalized spacial score (nSPS) is 13.0. The fraction of sp³-hybridized carbons (Fsp3) is 0.667. The van der Waals surface area contributed by atoms with Crippen molar-refractivity contribution in [1.82, 2.24) is 0 Å². The summed E-state index contributed by atoms with van der Waals surface area (Å²) in [6.45, 7) is 13.9. The van der Waals surface area contributed by atoms with Crippen molar-refractivity contribution in [1.29, 1.82) is 0 Å². The van der Waals surface area contributed by atoms with E-state index in [1.165, 1.54) is 5.56 Å². The molecule has 18 heavy (non-hydrogen) atoms. The minimum absolute atomic E-state index is 0.168. The molecule has 0 amide bonds. The van der Waals surface area contributed by atoms with E-state index < -0.39 is 0 Å². The van der Waals surface area contributed by atoms with Crippen LogP contribution in [0.15, 0.2) is 12.0 Å². The van der Waals surface area contributed by atoms with Gasteiger partial charge in [0, 0.05) is 0 Å². The van der Waals surface area contributed by atoms with Crippen molar-refractivity contribution in [3.63, 3.8) is 0 Å². The first kappa shape index (κ1) is 15.1. The van der Waals surface area contributed by atoms with E-state index in [9.17, 15) is 0 Å². The summed E-state index contributed by atoms with van der Waals surface area (Å²) in [5.41, 5.74) is 3.51. The fourth-order valence-corrected chi connectivity index (χ4v) is 1.67. The van der Waals surface area contributed by atoms with E-state index in [1.54, 1.807) is 0 Å². The van der Waals surface area contributed by atoms with Gasteiger partial charge in [0.25, 0.3) is 0 Å². The zero-order valence-corrected chi connectivity index (χ0v) is 12.6. The maximum absolute atomic E-state index is 5.89. The van der Waals surface area contributed by atoms with Crippen LogP contribution in [0, 0.1) is 5.92 Å².